The molecular weight excluding hydrogens is 472 g/mol. The number of pyridine rings is 3. The Morgan fingerprint density at radius 2 is 2.09 bits per heavy atom. The van der Waals surface area contributed by atoms with Gasteiger partial charge in [-0.1, -0.05) is 11.6 Å². The summed E-state index contributed by atoms with van der Waals surface area (Å²) in [6, 6.07) is 7.81. The summed E-state index contributed by atoms with van der Waals surface area (Å²) in [5.74, 6) is 2.37. The molecule has 0 spiro atoms. The molecule has 3 aromatic rings. The number of fused-ring (bicyclic) bond motifs is 2. The lowest BCUT2D eigenvalue weighted by Crippen LogP contribution is -2.35. The summed E-state index contributed by atoms with van der Waals surface area (Å²) in [5.41, 5.74) is 3.50. The van der Waals surface area contributed by atoms with Gasteiger partial charge in [-0.3, -0.25) is 9.78 Å². The minimum absolute atomic E-state index is 0.0115. The van der Waals surface area contributed by atoms with Crippen LogP contribution in [0.4, 0.5) is 11.5 Å². The van der Waals surface area contributed by atoms with Crippen molar-refractivity contribution in [3.63, 3.8) is 0 Å². The molecule has 2 aliphatic heterocycles. The zero-order valence-electron chi connectivity index (χ0n) is 19.0. The Morgan fingerprint density at radius 1 is 1.24 bits per heavy atom. The fraction of sp³-hybridized carbons (Fsp3) is 0.417. The third-order valence-electron chi connectivity index (χ3n) is 6.32. The number of carbonyl (C=O) groups is 1. The van der Waals surface area contributed by atoms with E-state index in [4.69, 9.17) is 16.3 Å². The number of amides is 1. The van der Waals surface area contributed by atoms with Crippen LogP contribution in [0.15, 0.2) is 35.4 Å². The molecule has 2 aliphatic rings. The van der Waals surface area contributed by atoms with Crippen LogP contribution >= 0.6 is 23.4 Å². The Kier molecular flexibility index (Phi) is 7.03. The number of nitrogens with zero attached hydrogens (tertiary/aromatic N) is 4. The lowest BCUT2D eigenvalue weighted by Gasteiger charge is -2.34. The maximum atomic E-state index is 11.6. The van der Waals surface area contributed by atoms with Crippen LogP contribution in [0.2, 0.25) is 5.02 Å². The predicted octanol–water partition coefficient (Wildman–Crippen LogP) is 4.13. The van der Waals surface area contributed by atoms with Crippen molar-refractivity contribution in [3.8, 4) is 5.88 Å². The molecule has 8 nitrogen and oxygen atoms in total. The number of thioether (sulfide) groups is 1. The van der Waals surface area contributed by atoms with E-state index in [-0.39, 0.29) is 5.91 Å². The van der Waals surface area contributed by atoms with Gasteiger partial charge in [0, 0.05) is 31.9 Å². The lowest BCUT2D eigenvalue weighted by molar-refractivity contribution is -0.113. The van der Waals surface area contributed by atoms with E-state index in [1.807, 2.05) is 24.3 Å². The summed E-state index contributed by atoms with van der Waals surface area (Å²) < 4.78 is 5.31. The second-order valence-corrected chi connectivity index (χ2v) is 9.98. The Morgan fingerprint density at radius 3 is 2.91 bits per heavy atom. The Hall–Kier alpha value is -2.62. The molecule has 178 valence electrons. The highest BCUT2D eigenvalue weighted by molar-refractivity contribution is 8.00. The molecule has 0 unspecified atom stereocenters. The van der Waals surface area contributed by atoms with Crippen LogP contribution in [-0.2, 0) is 11.3 Å². The monoisotopic (exact) mass is 498 g/mol. The minimum atomic E-state index is 0.0115. The van der Waals surface area contributed by atoms with E-state index in [1.165, 1.54) is 11.8 Å². The van der Waals surface area contributed by atoms with Gasteiger partial charge in [0.15, 0.2) is 0 Å². The number of carbonyl (C=O) groups excluding carboxylic acids is 1. The number of rotatable bonds is 7. The first-order valence-electron chi connectivity index (χ1n) is 11.5. The molecule has 34 heavy (non-hydrogen) atoms. The van der Waals surface area contributed by atoms with Gasteiger partial charge in [-0.25, -0.2) is 9.97 Å². The number of aromatic nitrogens is 3. The van der Waals surface area contributed by atoms with Crippen molar-refractivity contribution in [3.05, 3.63) is 41.2 Å². The topological polar surface area (TPSA) is 92.3 Å². The average molecular weight is 499 g/mol. The number of piperidine rings is 1. The number of nitrogens with one attached hydrogen (secondary N) is 2. The van der Waals surface area contributed by atoms with Crippen molar-refractivity contribution >= 4 is 51.8 Å². The minimum Gasteiger partial charge on any atom is -0.481 e. The van der Waals surface area contributed by atoms with Crippen molar-refractivity contribution in [1.82, 2.24) is 20.3 Å². The molecule has 3 aromatic heterocycles. The fourth-order valence-corrected chi connectivity index (χ4v) is 5.51. The Balaban J connectivity index is 1.13. The van der Waals surface area contributed by atoms with E-state index in [0.29, 0.717) is 34.9 Å². The van der Waals surface area contributed by atoms with Crippen molar-refractivity contribution in [2.45, 2.75) is 30.7 Å². The van der Waals surface area contributed by atoms with E-state index < -0.39 is 0 Å². The van der Waals surface area contributed by atoms with Crippen molar-refractivity contribution in [2.75, 3.05) is 42.7 Å². The van der Waals surface area contributed by atoms with Crippen LogP contribution in [0.5, 0.6) is 5.88 Å². The quantitative estimate of drug-likeness (QED) is 0.470. The summed E-state index contributed by atoms with van der Waals surface area (Å²) in [4.78, 5) is 28.6. The molecule has 0 radical (unpaired) electrons. The zero-order valence-corrected chi connectivity index (χ0v) is 20.6. The third-order valence-corrected chi connectivity index (χ3v) is 7.65. The average Bonchev–Trinajstić information content (AvgIpc) is 2.86. The van der Waals surface area contributed by atoms with Gasteiger partial charge < -0.3 is 20.3 Å². The van der Waals surface area contributed by atoms with Gasteiger partial charge in [0.1, 0.15) is 11.3 Å². The number of halogens is 1. The highest BCUT2D eigenvalue weighted by Gasteiger charge is 2.23. The van der Waals surface area contributed by atoms with Crippen molar-refractivity contribution < 1.29 is 9.53 Å². The van der Waals surface area contributed by atoms with E-state index in [9.17, 15) is 4.79 Å². The summed E-state index contributed by atoms with van der Waals surface area (Å²) in [6.45, 7) is 3.50. The SMILES string of the molecule is COc1ccc2ncc(Cl)c(N3CCC(CCNCc4ccc5c(n4)NC(=O)CS5)CC3)c2n1. The van der Waals surface area contributed by atoms with Gasteiger partial charge in [0.2, 0.25) is 11.8 Å². The second kappa shape index (κ2) is 10.3. The first kappa shape index (κ1) is 23.1. The molecule has 10 heteroatoms. The molecule has 0 saturated carbocycles. The molecule has 0 aliphatic carbocycles. The fourth-order valence-electron chi connectivity index (χ4n) is 4.50. The van der Waals surface area contributed by atoms with Gasteiger partial charge >= 0.3 is 0 Å². The first-order chi connectivity index (χ1) is 16.6. The standard InChI is InChI=1S/C24H27ClN6O2S/c1-33-21-5-3-18-22(30-21)23(17(25)13-27-18)31-10-7-15(8-11-31)6-9-26-12-16-2-4-19-24(28-16)29-20(32)14-34-19/h2-5,13,15,26H,6-12,14H2,1H3,(H,28,29,32). The molecule has 5 rings (SSSR count). The van der Waals surface area contributed by atoms with Gasteiger partial charge in [-0.05, 0) is 49.9 Å². The number of methoxy groups -OCH3 is 1. The summed E-state index contributed by atoms with van der Waals surface area (Å²) >= 11 is 8.09. The molecule has 2 N–H and O–H groups in total. The van der Waals surface area contributed by atoms with Crippen molar-refractivity contribution in [1.29, 1.82) is 0 Å². The lowest BCUT2D eigenvalue weighted by atomic mass is 9.93. The molecule has 1 amide bonds. The van der Waals surface area contributed by atoms with Gasteiger partial charge in [0.05, 0.1) is 39.7 Å². The van der Waals surface area contributed by atoms with E-state index in [0.717, 1.165) is 66.2 Å². The number of hydrogen-bond acceptors (Lipinski definition) is 8. The molecule has 0 atom stereocenters. The van der Waals surface area contributed by atoms with E-state index in [1.54, 1.807) is 13.3 Å². The molecule has 1 saturated heterocycles. The Labute approximate surface area is 207 Å². The first-order valence-corrected chi connectivity index (χ1v) is 12.8. The molecule has 1 fully saturated rings. The maximum absolute atomic E-state index is 11.6. The largest absolute Gasteiger partial charge is 0.481 e. The van der Waals surface area contributed by atoms with Crippen LogP contribution in [0, 0.1) is 5.92 Å². The molecule has 0 aromatic carbocycles. The van der Waals surface area contributed by atoms with E-state index in [2.05, 4.69) is 30.5 Å². The van der Waals surface area contributed by atoms with Gasteiger partial charge in [0.25, 0.3) is 0 Å². The van der Waals surface area contributed by atoms with Crippen LogP contribution < -0.4 is 20.3 Å². The molecule has 0 bridgehead atoms. The zero-order chi connectivity index (χ0) is 23.5. The van der Waals surface area contributed by atoms with Crippen LogP contribution in [0.25, 0.3) is 11.0 Å². The number of anilines is 2. The number of ether oxygens (including phenoxy) is 1. The van der Waals surface area contributed by atoms with Crippen LogP contribution in [0.3, 0.4) is 0 Å². The van der Waals surface area contributed by atoms with Crippen LogP contribution in [0.1, 0.15) is 25.0 Å². The van der Waals surface area contributed by atoms with E-state index >= 15 is 0 Å². The van der Waals surface area contributed by atoms with Gasteiger partial charge in [-0.15, -0.1) is 11.8 Å². The third kappa shape index (κ3) is 5.06. The highest BCUT2D eigenvalue weighted by Crippen LogP contribution is 2.36. The number of hydrogen-bond donors (Lipinski definition) is 2. The summed E-state index contributed by atoms with van der Waals surface area (Å²) in [5, 5.41) is 6.99. The second-order valence-electron chi connectivity index (χ2n) is 8.56. The summed E-state index contributed by atoms with van der Waals surface area (Å²) in [6.07, 6.45) is 5.03. The Bertz CT molecular complexity index is 1200. The van der Waals surface area contributed by atoms with Crippen molar-refractivity contribution in [2.24, 2.45) is 5.92 Å². The smallest absolute Gasteiger partial charge is 0.235 e. The molecule has 5 heterocycles. The molecular formula is C24H27ClN6O2S. The van der Waals surface area contributed by atoms with Crippen LogP contribution in [-0.4, -0.2) is 53.4 Å². The van der Waals surface area contributed by atoms with Gasteiger partial charge in [-0.2, -0.15) is 0 Å². The maximum Gasteiger partial charge on any atom is 0.235 e. The normalized spacial score (nSPS) is 16.4. The highest BCUT2D eigenvalue weighted by atomic mass is 35.5. The predicted molar refractivity (Wildman–Crippen MR) is 136 cm³/mol. The summed E-state index contributed by atoms with van der Waals surface area (Å²) in [7, 11) is 1.61.